The highest BCUT2D eigenvalue weighted by Crippen LogP contribution is 2.35. The minimum Gasteiger partial charge on any atom is -0.385 e. The van der Waals surface area contributed by atoms with E-state index in [2.05, 4.69) is 9.37 Å². The van der Waals surface area contributed by atoms with Crippen molar-refractivity contribution in [3.63, 3.8) is 0 Å². The zero-order chi connectivity index (χ0) is 16.0. The Bertz CT molecular complexity index is 581. The third kappa shape index (κ3) is 3.88. The molecule has 0 aliphatic rings. The van der Waals surface area contributed by atoms with Gasteiger partial charge in [0.1, 0.15) is 8.24 Å². The van der Waals surface area contributed by atoms with Crippen LogP contribution in [0, 0.1) is 0 Å². The lowest BCUT2D eigenvalue weighted by molar-refractivity contribution is 0.0823. The second-order valence-electron chi connectivity index (χ2n) is 7.03. The molecule has 0 amide bonds. The van der Waals surface area contributed by atoms with Gasteiger partial charge in [0, 0.05) is 6.20 Å². The highest BCUT2D eigenvalue weighted by Gasteiger charge is 2.40. The topological polar surface area (TPSA) is 79.3 Å². The summed E-state index contributed by atoms with van der Waals surface area (Å²) < 4.78 is 27.7. The molecule has 0 spiro atoms. The molecule has 1 rings (SSSR count). The maximum absolute atomic E-state index is 12.4. The minimum atomic E-state index is -3.63. The lowest BCUT2D eigenvalue weighted by Crippen LogP contribution is -2.54. The molecule has 2 N–H and O–H groups in total. The molecule has 116 valence electrons. The Balaban J connectivity index is 3.10. The standard InChI is InChI=1S/C12H24N2O3S2Si/c1-11(2,3)20(6,7)14-19(16,17)10-13-8-9(18-10)12(4,5)15/h8,14-15H,1-7H3. The second kappa shape index (κ2) is 5.17. The fourth-order valence-corrected chi connectivity index (χ4v) is 7.38. The van der Waals surface area contributed by atoms with E-state index in [4.69, 9.17) is 0 Å². The van der Waals surface area contributed by atoms with Crippen LogP contribution in [0.3, 0.4) is 0 Å². The van der Waals surface area contributed by atoms with E-state index in [1.807, 2.05) is 33.9 Å². The van der Waals surface area contributed by atoms with Crippen LogP contribution >= 0.6 is 11.3 Å². The molecule has 0 aromatic carbocycles. The Hall–Kier alpha value is -0.283. The smallest absolute Gasteiger partial charge is 0.261 e. The van der Waals surface area contributed by atoms with Crippen molar-refractivity contribution in [2.45, 2.75) is 62.7 Å². The van der Waals surface area contributed by atoms with Crippen molar-refractivity contribution >= 4 is 29.6 Å². The first-order valence-corrected chi connectivity index (χ1v) is 11.7. The predicted octanol–water partition coefficient (Wildman–Crippen LogP) is 2.65. The number of hydrogen-bond donors (Lipinski definition) is 2. The average molecular weight is 337 g/mol. The van der Waals surface area contributed by atoms with Gasteiger partial charge < -0.3 is 5.11 Å². The molecule has 0 aliphatic carbocycles. The molecule has 5 nitrogen and oxygen atoms in total. The number of rotatable bonds is 4. The minimum absolute atomic E-state index is 0.0134. The van der Waals surface area contributed by atoms with Gasteiger partial charge in [0.2, 0.25) is 4.34 Å². The summed E-state index contributed by atoms with van der Waals surface area (Å²) in [5, 5.41) is 9.79. The van der Waals surface area contributed by atoms with Gasteiger partial charge in [-0.05, 0) is 18.9 Å². The molecule has 1 aromatic heterocycles. The summed E-state index contributed by atoms with van der Waals surface area (Å²) in [5.74, 6) is 0. The molecule has 8 heteroatoms. The fraction of sp³-hybridized carbons (Fsp3) is 0.750. The van der Waals surface area contributed by atoms with E-state index in [0.29, 0.717) is 4.88 Å². The number of sulfonamides is 1. The van der Waals surface area contributed by atoms with Crippen LogP contribution in [0.4, 0.5) is 0 Å². The van der Waals surface area contributed by atoms with Crippen LogP contribution in [0.5, 0.6) is 0 Å². The van der Waals surface area contributed by atoms with Gasteiger partial charge in [0.15, 0.2) is 0 Å². The molecule has 0 fully saturated rings. The number of hydrogen-bond acceptors (Lipinski definition) is 5. The third-order valence-electron chi connectivity index (χ3n) is 3.58. The van der Waals surface area contributed by atoms with Crippen molar-refractivity contribution in [1.29, 1.82) is 0 Å². The summed E-state index contributed by atoms with van der Waals surface area (Å²) in [6.45, 7) is 13.3. The predicted molar refractivity (Wildman–Crippen MR) is 84.9 cm³/mol. The molecule has 0 unspecified atom stereocenters. The zero-order valence-corrected chi connectivity index (χ0v) is 15.7. The van der Waals surface area contributed by atoms with Gasteiger partial charge in [-0.25, -0.2) is 17.8 Å². The molecule has 0 saturated heterocycles. The lowest BCUT2D eigenvalue weighted by Gasteiger charge is -2.36. The first-order chi connectivity index (χ1) is 8.67. The normalized spacial score (nSPS) is 14.6. The molecule has 0 aliphatic heterocycles. The molecule has 0 saturated carbocycles. The van der Waals surface area contributed by atoms with Crippen molar-refractivity contribution in [1.82, 2.24) is 9.37 Å². The van der Waals surface area contributed by atoms with Crippen LogP contribution in [0.25, 0.3) is 0 Å². The summed E-state index contributed by atoms with van der Waals surface area (Å²) in [5.41, 5.74) is -1.08. The van der Waals surface area contributed by atoms with Crippen molar-refractivity contribution in [3.8, 4) is 0 Å². The Kier molecular flexibility index (Phi) is 4.59. The Morgan fingerprint density at radius 3 is 2.10 bits per heavy atom. The maximum atomic E-state index is 12.4. The van der Waals surface area contributed by atoms with Gasteiger partial charge in [-0.1, -0.05) is 33.9 Å². The van der Waals surface area contributed by atoms with Crippen LogP contribution in [-0.4, -0.2) is 26.7 Å². The van der Waals surface area contributed by atoms with Gasteiger partial charge >= 0.3 is 0 Å². The molecule has 0 atom stereocenters. The van der Waals surface area contributed by atoms with E-state index in [0.717, 1.165) is 11.3 Å². The summed E-state index contributed by atoms with van der Waals surface area (Å²) in [6.07, 6.45) is 1.42. The summed E-state index contributed by atoms with van der Waals surface area (Å²) in [6, 6.07) is 0. The number of thiazole rings is 1. The number of aromatic nitrogens is 1. The molecule has 0 bridgehead atoms. The maximum Gasteiger partial charge on any atom is 0.261 e. The van der Waals surface area contributed by atoms with Crippen molar-refractivity contribution in [3.05, 3.63) is 11.1 Å². The summed E-state index contributed by atoms with van der Waals surface area (Å²) >= 11 is 1.01. The van der Waals surface area contributed by atoms with Gasteiger partial charge in [-0.3, -0.25) is 0 Å². The summed E-state index contributed by atoms with van der Waals surface area (Å²) in [4.78, 5) is 4.49. The Labute approximate surface area is 126 Å². The van der Waals surface area contributed by atoms with E-state index < -0.39 is 23.9 Å². The number of aliphatic hydroxyl groups is 1. The second-order valence-corrected chi connectivity index (χ2v) is 15.3. The third-order valence-corrected chi connectivity index (χ3v) is 13.0. The van der Waals surface area contributed by atoms with Crippen molar-refractivity contribution in [2.75, 3.05) is 0 Å². The average Bonchev–Trinajstić information content (AvgIpc) is 2.61. The molecular weight excluding hydrogens is 312 g/mol. The first-order valence-electron chi connectivity index (χ1n) is 6.39. The highest BCUT2D eigenvalue weighted by molar-refractivity contribution is 7.92. The molecule has 0 radical (unpaired) electrons. The van der Waals surface area contributed by atoms with Gasteiger partial charge in [0.05, 0.1) is 10.5 Å². The SMILES string of the molecule is CC(C)(O)c1cnc(S(=O)(=O)N[Si](C)(C)C(C)(C)C)s1. The van der Waals surface area contributed by atoms with Crippen molar-refractivity contribution < 1.29 is 13.5 Å². The zero-order valence-electron chi connectivity index (χ0n) is 13.1. The molecular formula is C12H24N2O3S2Si. The highest BCUT2D eigenvalue weighted by atomic mass is 32.2. The van der Waals surface area contributed by atoms with Gasteiger partial charge in [-0.15, -0.1) is 11.3 Å². The first kappa shape index (κ1) is 17.8. The molecule has 1 heterocycles. The Morgan fingerprint density at radius 1 is 1.25 bits per heavy atom. The van der Waals surface area contributed by atoms with Crippen LogP contribution in [0.1, 0.15) is 39.5 Å². The van der Waals surface area contributed by atoms with Crippen LogP contribution < -0.4 is 4.39 Å². The van der Waals surface area contributed by atoms with E-state index in [1.54, 1.807) is 13.8 Å². The quantitative estimate of drug-likeness (QED) is 0.829. The number of nitrogens with one attached hydrogen (secondary N) is 1. The monoisotopic (exact) mass is 336 g/mol. The molecule has 1 aromatic rings. The van der Waals surface area contributed by atoms with Gasteiger partial charge in [-0.2, -0.15) is 0 Å². The van der Waals surface area contributed by atoms with E-state index in [9.17, 15) is 13.5 Å². The summed E-state index contributed by atoms with van der Waals surface area (Å²) in [7, 11) is -5.83. The largest absolute Gasteiger partial charge is 0.385 e. The number of nitrogens with zero attached hydrogens (tertiary/aromatic N) is 1. The lowest BCUT2D eigenvalue weighted by atomic mass is 10.1. The molecule has 20 heavy (non-hydrogen) atoms. The van der Waals surface area contributed by atoms with E-state index >= 15 is 0 Å². The van der Waals surface area contributed by atoms with Crippen LogP contribution in [0.2, 0.25) is 18.1 Å². The fourth-order valence-electron chi connectivity index (χ4n) is 1.20. The van der Waals surface area contributed by atoms with E-state index in [1.165, 1.54) is 6.20 Å². The Morgan fingerprint density at radius 2 is 1.75 bits per heavy atom. The van der Waals surface area contributed by atoms with Crippen LogP contribution in [-0.2, 0) is 15.6 Å². The van der Waals surface area contributed by atoms with Gasteiger partial charge in [0.25, 0.3) is 10.0 Å². The van der Waals surface area contributed by atoms with Crippen LogP contribution in [0.15, 0.2) is 10.5 Å². The van der Waals surface area contributed by atoms with E-state index in [-0.39, 0.29) is 9.38 Å². The van der Waals surface area contributed by atoms with Crippen molar-refractivity contribution in [2.24, 2.45) is 0 Å².